The highest BCUT2D eigenvalue weighted by Crippen LogP contribution is 2.64. The molecule has 0 saturated carbocycles. The number of para-hydroxylation sites is 1. The molecule has 0 radical (unpaired) electrons. The first-order valence-corrected chi connectivity index (χ1v) is 9.26. The Kier molecular flexibility index (Phi) is 3.97. The first kappa shape index (κ1) is 17.6. The number of anilines is 1. The number of hydrogen-bond donors (Lipinski definition) is 1. The topological polar surface area (TPSA) is 41.6 Å². The zero-order valence-corrected chi connectivity index (χ0v) is 16.1. The van der Waals surface area contributed by atoms with Crippen molar-refractivity contribution in [2.75, 3.05) is 25.5 Å². The number of hydrogen-bond acceptors (Lipinski definition) is 4. The van der Waals surface area contributed by atoms with Crippen molar-refractivity contribution < 1.29 is 9.53 Å². The van der Waals surface area contributed by atoms with Gasteiger partial charge in [0, 0.05) is 35.9 Å². The lowest BCUT2D eigenvalue weighted by molar-refractivity contribution is -0.137. The SMILES string of the molecule is CC[C@]12C=CCN3CC[C@]4(C(=C(C(=O)OC)C1)Nc1ccccc14)[C@@H]32.Cl. The van der Waals surface area contributed by atoms with Crippen LogP contribution in [0.3, 0.4) is 0 Å². The number of nitrogens with one attached hydrogen (secondary N) is 1. The molecule has 4 nitrogen and oxygen atoms in total. The van der Waals surface area contributed by atoms with E-state index in [2.05, 4.69) is 53.6 Å². The molecule has 1 fully saturated rings. The van der Waals surface area contributed by atoms with Crippen molar-refractivity contribution in [2.24, 2.45) is 5.41 Å². The van der Waals surface area contributed by atoms with Crippen molar-refractivity contribution in [2.45, 2.75) is 37.6 Å². The molecule has 0 amide bonds. The number of rotatable bonds is 2. The van der Waals surface area contributed by atoms with Gasteiger partial charge in [0.05, 0.1) is 18.1 Å². The van der Waals surface area contributed by atoms with Gasteiger partial charge in [0.2, 0.25) is 0 Å². The minimum absolute atomic E-state index is 0. The van der Waals surface area contributed by atoms with Crippen molar-refractivity contribution in [1.29, 1.82) is 0 Å². The molecule has 1 saturated heterocycles. The molecule has 1 aromatic carbocycles. The first-order valence-electron chi connectivity index (χ1n) is 9.26. The van der Waals surface area contributed by atoms with Crippen LogP contribution in [0.1, 0.15) is 31.7 Å². The summed E-state index contributed by atoms with van der Waals surface area (Å²) >= 11 is 0. The molecule has 5 heteroatoms. The van der Waals surface area contributed by atoms with Gasteiger partial charge in [0.1, 0.15) is 0 Å². The molecule has 1 spiro atoms. The van der Waals surface area contributed by atoms with Crippen molar-refractivity contribution >= 4 is 24.1 Å². The third-order valence-electron chi connectivity index (χ3n) is 6.97. The lowest BCUT2D eigenvalue weighted by atomic mass is 9.55. The summed E-state index contributed by atoms with van der Waals surface area (Å²) in [5.74, 6) is -0.182. The monoisotopic (exact) mass is 372 g/mol. The fourth-order valence-corrected chi connectivity index (χ4v) is 6.02. The maximum absolute atomic E-state index is 12.7. The van der Waals surface area contributed by atoms with Crippen LogP contribution < -0.4 is 5.32 Å². The molecule has 1 aliphatic carbocycles. The van der Waals surface area contributed by atoms with Gasteiger partial charge in [0.15, 0.2) is 0 Å². The fourth-order valence-electron chi connectivity index (χ4n) is 6.02. The molecule has 1 N–H and O–H groups in total. The lowest BCUT2D eigenvalue weighted by Gasteiger charge is -2.53. The second-order valence-corrected chi connectivity index (χ2v) is 7.80. The number of nitrogens with zero attached hydrogens (tertiary/aromatic N) is 1. The third kappa shape index (κ3) is 1.92. The summed E-state index contributed by atoms with van der Waals surface area (Å²) < 4.78 is 5.19. The van der Waals surface area contributed by atoms with Crippen LogP contribution in [0.5, 0.6) is 0 Å². The Morgan fingerprint density at radius 2 is 2.19 bits per heavy atom. The molecule has 138 valence electrons. The van der Waals surface area contributed by atoms with Crippen LogP contribution in [0.15, 0.2) is 47.7 Å². The molecule has 5 rings (SSSR count). The molecule has 26 heavy (non-hydrogen) atoms. The Morgan fingerprint density at radius 1 is 1.38 bits per heavy atom. The lowest BCUT2D eigenvalue weighted by Crippen LogP contribution is -2.58. The molecule has 4 aliphatic rings. The van der Waals surface area contributed by atoms with Crippen LogP contribution in [0, 0.1) is 5.41 Å². The number of methoxy groups -OCH3 is 1. The number of halogens is 1. The van der Waals surface area contributed by atoms with E-state index in [0.717, 1.165) is 49.3 Å². The van der Waals surface area contributed by atoms with E-state index in [-0.39, 0.29) is 29.2 Å². The quantitative estimate of drug-likeness (QED) is 0.635. The van der Waals surface area contributed by atoms with Gasteiger partial charge in [-0.05, 0) is 30.9 Å². The molecule has 0 unspecified atom stereocenters. The van der Waals surface area contributed by atoms with E-state index < -0.39 is 0 Å². The van der Waals surface area contributed by atoms with Crippen LogP contribution in [0.2, 0.25) is 0 Å². The maximum Gasteiger partial charge on any atom is 0.335 e. The fraction of sp³-hybridized carbons (Fsp3) is 0.476. The van der Waals surface area contributed by atoms with Crippen LogP contribution in [-0.2, 0) is 14.9 Å². The number of esters is 1. The summed E-state index contributed by atoms with van der Waals surface area (Å²) in [7, 11) is 1.49. The van der Waals surface area contributed by atoms with E-state index >= 15 is 0 Å². The van der Waals surface area contributed by atoms with Gasteiger partial charge in [-0.1, -0.05) is 37.3 Å². The van der Waals surface area contributed by atoms with E-state index in [9.17, 15) is 4.79 Å². The molecule has 0 aromatic heterocycles. The number of fused-ring (bicyclic) bond motifs is 1. The summed E-state index contributed by atoms with van der Waals surface area (Å²) in [4.78, 5) is 15.3. The minimum Gasteiger partial charge on any atom is -0.466 e. The van der Waals surface area contributed by atoms with Gasteiger partial charge in [-0.15, -0.1) is 12.4 Å². The zero-order valence-electron chi connectivity index (χ0n) is 15.2. The normalized spacial score (nSPS) is 33.7. The molecule has 0 bridgehead atoms. The Labute approximate surface area is 160 Å². The maximum atomic E-state index is 12.7. The van der Waals surface area contributed by atoms with Crippen LogP contribution in [-0.4, -0.2) is 37.1 Å². The summed E-state index contributed by atoms with van der Waals surface area (Å²) in [6.45, 7) is 4.34. The first-order chi connectivity index (χ1) is 12.2. The smallest absolute Gasteiger partial charge is 0.335 e. The molecular formula is C21H25ClN2O2. The Morgan fingerprint density at radius 3 is 2.96 bits per heavy atom. The van der Waals surface area contributed by atoms with E-state index in [1.54, 1.807) is 0 Å². The summed E-state index contributed by atoms with van der Waals surface area (Å²) in [6.07, 6.45) is 7.53. The van der Waals surface area contributed by atoms with Crippen molar-refractivity contribution in [3.8, 4) is 0 Å². The van der Waals surface area contributed by atoms with Crippen LogP contribution >= 0.6 is 12.4 Å². The number of ether oxygens (including phenoxy) is 1. The van der Waals surface area contributed by atoms with E-state index in [0.29, 0.717) is 6.04 Å². The second-order valence-electron chi connectivity index (χ2n) is 7.80. The molecule has 3 atom stereocenters. The average Bonchev–Trinajstić information content (AvgIpc) is 3.21. The highest BCUT2D eigenvalue weighted by atomic mass is 35.5. The van der Waals surface area contributed by atoms with Gasteiger partial charge in [0.25, 0.3) is 0 Å². The number of carbonyl (C=O) groups excluding carboxylic acids is 1. The van der Waals surface area contributed by atoms with Crippen LogP contribution in [0.4, 0.5) is 5.69 Å². The van der Waals surface area contributed by atoms with E-state index in [1.807, 2.05) is 0 Å². The van der Waals surface area contributed by atoms with E-state index in [4.69, 9.17) is 4.74 Å². The largest absolute Gasteiger partial charge is 0.466 e. The standard InChI is InChI=1S/C21H24N2O2.ClH/c1-3-20-9-6-11-23-12-10-21(19(20)23)15-7-4-5-8-16(15)22-17(21)14(13-20)18(24)25-2;/h4-9,19,22H,3,10-13H2,1-2H3;1H/t19-,20-,21-;/m0./s1. The molecular weight excluding hydrogens is 348 g/mol. The highest BCUT2D eigenvalue weighted by molar-refractivity contribution is 5.93. The average molecular weight is 373 g/mol. The van der Waals surface area contributed by atoms with Crippen molar-refractivity contribution in [3.63, 3.8) is 0 Å². The van der Waals surface area contributed by atoms with E-state index in [1.165, 1.54) is 12.7 Å². The second kappa shape index (κ2) is 5.86. The van der Waals surface area contributed by atoms with Gasteiger partial charge in [-0.25, -0.2) is 4.79 Å². The Hall–Kier alpha value is -1.78. The van der Waals surface area contributed by atoms with Crippen LogP contribution in [0.25, 0.3) is 0 Å². The molecule has 3 heterocycles. The summed E-state index contributed by atoms with van der Waals surface area (Å²) in [5.41, 5.74) is 4.34. The zero-order chi connectivity index (χ0) is 17.2. The van der Waals surface area contributed by atoms with Gasteiger partial charge >= 0.3 is 5.97 Å². The third-order valence-corrected chi connectivity index (χ3v) is 6.97. The predicted octanol–water partition coefficient (Wildman–Crippen LogP) is 3.64. The molecule has 3 aliphatic heterocycles. The molecule has 1 aromatic rings. The summed E-state index contributed by atoms with van der Waals surface area (Å²) in [5, 5.41) is 3.62. The predicted molar refractivity (Wildman–Crippen MR) is 104 cm³/mol. The van der Waals surface area contributed by atoms with Gasteiger partial charge in [-0.3, -0.25) is 4.90 Å². The van der Waals surface area contributed by atoms with Gasteiger partial charge in [-0.2, -0.15) is 0 Å². The Balaban J connectivity index is 0.00000168. The highest BCUT2D eigenvalue weighted by Gasteiger charge is 2.65. The minimum atomic E-state index is -0.182. The van der Waals surface area contributed by atoms with Gasteiger partial charge < -0.3 is 10.1 Å². The number of benzene rings is 1. The number of carbonyl (C=O) groups is 1. The van der Waals surface area contributed by atoms with Crippen molar-refractivity contribution in [3.05, 3.63) is 53.3 Å². The van der Waals surface area contributed by atoms with Crippen molar-refractivity contribution in [1.82, 2.24) is 4.90 Å². The summed E-state index contributed by atoms with van der Waals surface area (Å²) in [6, 6.07) is 8.99. The Bertz CT molecular complexity index is 833.